The van der Waals surface area contributed by atoms with Gasteiger partial charge in [-0.25, -0.2) is 0 Å². The third kappa shape index (κ3) is 6.72. The van der Waals surface area contributed by atoms with Crippen LogP contribution < -0.4 is 44.7 Å². The van der Waals surface area contributed by atoms with E-state index < -0.39 is 26.7 Å². The number of anilines is 1. The molecular formula is C26H20Cl2N3NaO6S. The van der Waals surface area contributed by atoms with Gasteiger partial charge >= 0.3 is 29.6 Å². The van der Waals surface area contributed by atoms with Crippen LogP contribution in [0.5, 0.6) is 11.5 Å². The Bertz CT molecular complexity index is 1710. The van der Waals surface area contributed by atoms with Crippen molar-refractivity contribution in [3.63, 3.8) is 0 Å². The summed E-state index contributed by atoms with van der Waals surface area (Å²) in [4.78, 5) is 12.7. The molecule has 9 nitrogen and oxygen atoms in total. The number of hydrogen-bond donors (Lipinski definition) is 2. The molecule has 0 fully saturated rings. The monoisotopic (exact) mass is 595 g/mol. The number of rotatable bonds is 7. The minimum Gasteiger partial charge on any atom is -0.870 e. The van der Waals surface area contributed by atoms with Crippen LogP contribution in [0.4, 0.5) is 17.1 Å². The van der Waals surface area contributed by atoms with Gasteiger partial charge in [-0.3, -0.25) is 9.35 Å². The predicted molar refractivity (Wildman–Crippen MR) is 144 cm³/mol. The molecule has 0 aromatic heterocycles. The summed E-state index contributed by atoms with van der Waals surface area (Å²) in [6.45, 7) is 3.58. The Morgan fingerprint density at radius 3 is 2.49 bits per heavy atom. The fraction of sp³-hybridized carbons (Fsp3) is 0.115. The molecule has 0 aliphatic rings. The van der Waals surface area contributed by atoms with Crippen molar-refractivity contribution >= 4 is 67.1 Å². The van der Waals surface area contributed by atoms with Crippen LogP contribution in [0, 0.1) is 6.92 Å². The predicted octanol–water partition coefficient (Wildman–Crippen LogP) is 3.85. The zero-order valence-electron chi connectivity index (χ0n) is 21.0. The molecule has 196 valence electrons. The Kier molecular flexibility index (Phi) is 10.0. The zero-order chi connectivity index (χ0) is 27.6. The minimum atomic E-state index is -4.58. The van der Waals surface area contributed by atoms with Gasteiger partial charge in [0.2, 0.25) is 0 Å². The summed E-state index contributed by atoms with van der Waals surface area (Å²) in [5, 5.41) is 25.3. The summed E-state index contributed by atoms with van der Waals surface area (Å²) in [7, 11) is -4.58. The summed E-state index contributed by atoms with van der Waals surface area (Å²) >= 11 is 12.4. The number of azo groups is 1. The quantitative estimate of drug-likeness (QED) is 0.189. The van der Waals surface area contributed by atoms with E-state index in [0.717, 1.165) is 6.07 Å². The van der Waals surface area contributed by atoms with Crippen LogP contribution in [-0.2, 0) is 10.1 Å². The van der Waals surface area contributed by atoms with E-state index in [1.807, 2.05) is 0 Å². The number of nitrogens with zero attached hydrogens (tertiary/aromatic N) is 2. The topological polar surface area (TPSA) is 140 Å². The van der Waals surface area contributed by atoms with Crippen molar-refractivity contribution in [1.29, 1.82) is 0 Å². The molecule has 0 heterocycles. The second-order valence-corrected chi connectivity index (χ2v) is 10.3. The van der Waals surface area contributed by atoms with E-state index in [4.69, 9.17) is 27.9 Å². The molecule has 0 unspecified atom stereocenters. The van der Waals surface area contributed by atoms with E-state index in [2.05, 4.69) is 15.5 Å². The first-order valence-corrected chi connectivity index (χ1v) is 13.4. The van der Waals surface area contributed by atoms with E-state index in [-0.39, 0.29) is 67.8 Å². The second-order valence-electron chi connectivity index (χ2n) is 8.05. The SMILES string of the molecule is CCOc1cccc(NC(=O)c2cc3ccccc3c(N=Nc3cc(Cl)cc(S(=O)(=O)O)c3C)c2[O-])c1Cl.[Na+]. The van der Waals surface area contributed by atoms with Crippen molar-refractivity contribution in [1.82, 2.24) is 0 Å². The molecule has 2 N–H and O–H groups in total. The number of amides is 1. The molecule has 4 rings (SSSR count). The van der Waals surface area contributed by atoms with Gasteiger partial charge in [0, 0.05) is 16.0 Å². The largest absolute Gasteiger partial charge is 1.00 e. The van der Waals surface area contributed by atoms with Gasteiger partial charge in [0.1, 0.15) is 15.7 Å². The number of benzene rings is 4. The Labute approximate surface area is 256 Å². The van der Waals surface area contributed by atoms with Crippen LogP contribution in [0.3, 0.4) is 0 Å². The van der Waals surface area contributed by atoms with E-state index in [1.165, 1.54) is 19.1 Å². The van der Waals surface area contributed by atoms with Crippen LogP contribution in [0.1, 0.15) is 22.8 Å². The van der Waals surface area contributed by atoms with Crippen LogP contribution in [0.15, 0.2) is 75.8 Å². The molecule has 4 aromatic rings. The first-order chi connectivity index (χ1) is 18.0. The normalized spacial score (nSPS) is 11.4. The van der Waals surface area contributed by atoms with Crippen molar-refractivity contribution in [2.24, 2.45) is 10.2 Å². The number of ether oxygens (including phenoxy) is 1. The summed E-state index contributed by atoms with van der Waals surface area (Å²) in [5.74, 6) is -1.06. The Balaban J connectivity index is 0.00000420. The van der Waals surface area contributed by atoms with Gasteiger partial charge in [-0.2, -0.15) is 18.6 Å². The van der Waals surface area contributed by atoms with E-state index in [1.54, 1.807) is 49.4 Å². The average Bonchev–Trinajstić information content (AvgIpc) is 2.86. The standard InChI is InChI=1S/C26H21Cl2N3O6S.Na/c1-3-37-21-10-6-9-19(23(21)28)29-26(33)18-11-15-7-4-5-8-17(15)24(25(18)32)31-30-20-12-16(27)13-22(14(20)2)38(34,35)36;/h4-13,32H,3H2,1-2H3,(H,29,33)(H,34,35,36);/q;+1/p-1. The summed E-state index contributed by atoms with van der Waals surface area (Å²) in [6, 6.07) is 15.5. The van der Waals surface area contributed by atoms with Crippen molar-refractivity contribution in [3.8, 4) is 11.5 Å². The van der Waals surface area contributed by atoms with Crippen LogP contribution in [-0.4, -0.2) is 25.5 Å². The van der Waals surface area contributed by atoms with E-state index >= 15 is 0 Å². The molecule has 0 radical (unpaired) electrons. The van der Waals surface area contributed by atoms with Gasteiger partial charge in [-0.1, -0.05) is 59.3 Å². The third-order valence-corrected chi connectivity index (χ3v) is 7.15. The number of hydrogen-bond acceptors (Lipinski definition) is 7. The molecule has 4 aromatic carbocycles. The van der Waals surface area contributed by atoms with Gasteiger partial charge in [-0.15, -0.1) is 0 Å². The summed E-state index contributed by atoms with van der Waals surface area (Å²) < 4.78 is 38.4. The van der Waals surface area contributed by atoms with Gasteiger partial charge in [0.15, 0.2) is 0 Å². The molecule has 0 atom stereocenters. The molecule has 0 aliphatic carbocycles. The molecule has 0 aliphatic heterocycles. The van der Waals surface area contributed by atoms with Crippen LogP contribution in [0.25, 0.3) is 10.8 Å². The third-order valence-electron chi connectivity index (χ3n) is 5.56. The summed E-state index contributed by atoms with van der Waals surface area (Å²) in [5.41, 5.74) is -0.00378. The minimum absolute atomic E-state index is 0. The maximum Gasteiger partial charge on any atom is 1.00 e. The Morgan fingerprint density at radius 1 is 1.08 bits per heavy atom. The van der Waals surface area contributed by atoms with E-state index in [9.17, 15) is 22.9 Å². The van der Waals surface area contributed by atoms with E-state index in [0.29, 0.717) is 23.1 Å². The molecule has 0 spiro atoms. The van der Waals surface area contributed by atoms with Gasteiger partial charge in [0.25, 0.3) is 16.0 Å². The maximum atomic E-state index is 13.4. The number of nitrogens with one attached hydrogen (secondary N) is 1. The fourth-order valence-corrected chi connectivity index (χ4v) is 5.03. The molecule has 0 saturated carbocycles. The molecule has 0 saturated heterocycles. The van der Waals surface area contributed by atoms with Gasteiger partial charge in [-0.05, 0) is 55.1 Å². The molecule has 0 bridgehead atoms. The molecular weight excluding hydrogens is 576 g/mol. The van der Waals surface area contributed by atoms with Crippen molar-refractivity contribution < 1.29 is 57.2 Å². The first kappa shape index (κ1) is 30.8. The van der Waals surface area contributed by atoms with Gasteiger partial charge < -0.3 is 15.2 Å². The second kappa shape index (κ2) is 12.6. The molecule has 1 amide bonds. The average molecular weight is 596 g/mol. The fourth-order valence-electron chi connectivity index (χ4n) is 3.76. The Morgan fingerprint density at radius 2 is 1.79 bits per heavy atom. The first-order valence-electron chi connectivity index (χ1n) is 11.2. The van der Waals surface area contributed by atoms with Crippen molar-refractivity contribution in [3.05, 3.63) is 81.8 Å². The molecule has 13 heteroatoms. The van der Waals surface area contributed by atoms with Crippen molar-refractivity contribution in [2.45, 2.75) is 18.7 Å². The summed E-state index contributed by atoms with van der Waals surface area (Å²) in [6.07, 6.45) is 0. The number of fused-ring (bicyclic) bond motifs is 1. The van der Waals surface area contributed by atoms with Crippen LogP contribution >= 0.6 is 23.2 Å². The van der Waals surface area contributed by atoms with Crippen molar-refractivity contribution in [2.75, 3.05) is 11.9 Å². The number of carbonyl (C=O) groups excluding carboxylic acids is 1. The maximum absolute atomic E-state index is 13.4. The molecule has 39 heavy (non-hydrogen) atoms. The van der Waals surface area contributed by atoms with Crippen LogP contribution in [0.2, 0.25) is 10.0 Å². The smallest absolute Gasteiger partial charge is 0.870 e. The Hall–Kier alpha value is -2.70. The number of carbonyl (C=O) groups is 1. The zero-order valence-corrected chi connectivity index (χ0v) is 25.4. The number of halogens is 2. The van der Waals surface area contributed by atoms with Gasteiger partial charge in [0.05, 0.1) is 23.7 Å².